The summed E-state index contributed by atoms with van der Waals surface area (Å²) in [4.78, 5) is 21.2. The molecule has 0 rings (SSSR count). The molecule has 0 saturated heterocycles. The van der Waals surface area contributed by atoms with Crippen molar-refractivity contribution in [1.29, 1.82) is 0 Å². The molecule has 0 bridgehead atoms. The van der Waals surface area contributed by atoms with Gasteiger partial charge in [0, 0.05) is 11.2 Å². The molecule has 0 aliphatic rings. The van der Waals surface area contributed by atoms with Crippen molar-refractivity contribution in [3.63, 3.8) is 0 Å². The Morgan fingerprint density at radius 2 is 1.71 bits per heavy atom. The zero-order valence-electron chi connectivity index (χ0n) is 11.8. The summed E-state index contributed by atoms with van der Waals surface area (Å²) < 4.78 is 5.04. The fourth-order valence-electron chi connectivity index (χ4n) is 0.508. The van der Waals surface area contributed by atoms with Crippen LogP contribution in [0.2, 0.25) is 0 Å². The van der Waals surface area contributed by atoms with Crippen LogP contribution in [0.15, 0.2) is 0 Å². The Bertz CT molecular complexity index is 224. The van der Waals surface area contributed by atoms with Crippen LogP contribution in [-0.4, -0.2) is 36.0 Å². The highest BCUT2D eigenvalue weighted by molar-refractivity contribution is 7.99. The van der Waals surface area contributed by atoms with Gasteiger partial charge in [0.25, 0.3) is 0 Å². The molecule has 0 fully saturated rings. The van der Waals surface area contributed by atoms with E-state index in [-0.39, 0.29) is 12.5 Å². The van der Waals surface area contributed by atoms with Crippen molar-refractivity contribution in [2.75, 3.05) is 19.4 Å². The van der Waals surface area contributed by atoms with Gasteiger partial charge in [0.1, 0.15) is 6.54 Å². The second-order valence-corrected chi connectivity index (χ2v) is 5.88. The van der Waals surface area contributed by atoms with Crippen molar-refractivity contribution in [3.05, 3.63) is 0 Å². The Labute approximate surface area is 109 Å². The lowest BCUT2D eigenvalue weighted by atomic mass is 10.3. The molecule has 0 aliphatic carbocycles. The minimum Gasteiger partial charge on any atom is -0.465 e. The number of rotatable bonds is 4. The second-order valence-electron chi connectivity index (χ2n) is 4.25. The van der Waals surface area contributed by atoms with Crippen molar-refractivity contribution in [2.45, 2.75) is 45.8 Å². The number of hydrogen-bond acceptors (Lipinski definition) is 4. The van der Waals surface area contributed by atoms with Gasteiger partial charge in [-0.1, -0.05) is 27.7 Å². The van der Waals surface area contributed by atoms with Gasteiger partial charge in [0.05, 0.1) is 6.61 Å². The minimum atomic E-state index is -0.394. The fraction of sp³-hybridized carbons (Fsp3) is 0.833. The van der Waals surface area contributed by atoms with Gasteiger partial charge in [-0.05, 0) is 13.2 Å². The average Bonchev–Trinajstić information content (AvgIpc) is 2.26. The van der Waals surface area contributed by atoms with Crippen LogP contribution >= 0.6 is 11.8 Å². The maximum atomic E-state index is 10.6. The maximum Gasteiger partial charge on any atom is 0.325 e. The van der Waals surface area contributed by atoms with E-state index < -0.39 is 5.97 Å². The third-order valence-electron chi connectivity index (χ3n) is 1.67. The Morgan fingerprint density at radius 1 is 1.24 bits per heavy atom. The predicted octanol–water partition coefficient (Wildman–Crippen LogP) is 2.22. The van der Waals surface area contributed by atoms with Crippen LogP contribution in [0.25, 0.3) is 0 Å². The molecule has 0 unspecified atom stereocenters. The summed E-state index contributed by atoms with van der Waals surface area (Å²) >= 11 is 1.88. The molecule has 0 aromatic rings. The summed E-state index contributed by atoms with van der Waals surface area (Å²) in [7, 11) is 0. The van der Waals surface area contributed by atoms with E-state index in [4.69, 9.17) is 0 Å². The summed E-state index contributed by atoms with van der Waals surface area (Å²) in [6, 6.07) is 0. The molecule has 4 nitrogen and oxygen atoms in total. The lowest BCUT2D eigenvalue weighted by Gasteiger charge is -2.12. The fourth-order valence-corrected chi connectivity index (χ4v) is 0.508. The maximum absolute atomic E-state index is 10.6. The summed E-state index contributed by atoms with van der Waals surface area (Å²) in [5, 5.41) is 2.40. The van der Waals surface area contributed by atoms with E-state index in [1.165, 1.54) is 0 Å². The normalized spacial score (nSPS) is 10.0. The average molecular weight is 263 g/mol. The number of thioether (sulfide) groups is 1. The topological polar surface area (TPSA) is 55.4 Å². The molecule has 1 N–H and O–H groups in total. The van der Waals surface area contributed by atoms with Gasteiger partial charge in [-0.25, -0.2) is 0 Å². The smallest absolute Gasteiger partial charge is 0.325 e. The van der Waals surface area contributed by atoms with Crippen LogP contribution in [0, 0.1) is 0 Å². The number of hydrogen-bond donors (Lipinski definition) is 1. The largest absolute Gasteiger partial charge is 0.465 e. The van der Waals surface area contributed by atoms with Crippen molar-refractivity contribution in [2.24, 2.45) is 0 Å². The quantitative estimate of drug-likeness (QED) is 0.790. The SMILES string of the molecule is CCOC(=O)CNC(=O)CC.CSC(C)(C)C. The summed E-state index contributed by atoms with van der Waals surface area (Å²) in [6.45, 7) is 10.4. The van der Waals surface area contributed by atoms with Crippen LogP contribution < -0.4 is 5.32 Å². The lowest BCUT2D eigenvalue weighted by molar-refractivity contribution is -0.143. The molecule has 17 heavy (non-hydrogen) atoms. The number of ether oxygens (including phenoxy) is 1. The number of nitrogens with one attached hydrogen (secondary N) is 1. The zero-order chi connectivity index (χ0) is 13.9. The Balaban J connectivity index is 0. The molecule has 0 radical (unpaired) electrons. The monoisotopic (exact) mass is 263 g/mol. The third kappa shape index (κ3) is 17.9. The highest BCUT2D eigenvalue weighted by Gasteiger charge is 2.04. The first-order valence-corrected chi connectivity index (χ1v) is 6.96. The van der Waals surface area contributed by atoms with E-state index in [1.54, 1.807) is 13.8 Å². The molecule has 0 aromatic heterocycles. The summed E-state index contributed by atoms with van der Waals surface area (Å²) in [5.41, 5.74) is 0. The standard InChI is InChI=1S/C7H13NO3.C5H12S/c1-3-6(9)8-5-7(10)11-4-2;1-5(2,3)6-4/h3-5H2,1-2H3,(H,8,9);1-4H3. The van der Waals surface area contributed by atoms with Crippen LogP contribution in [0.4, 0.5) is 0 Å². The van der Waals surface area contributed by atoms with E-state index in [0.717, 1.165) is 0 Å². The minimum absolute atomic E-state index is 0.0273. The first-order chi connectivity index (χ1) is 7.76. The molecule has 0 aliphatic heterocycles. The number of esters is 1. The van der Waals surface area contributed by atoms with Gasteiger partial charge in [0.15, 0.2) is 0 Å². The molecule has 102 valence electrons. The summed E-state index contributed by atoms with van der Waals surface area (Å²) in [5.74, 6) is -0.535. The highest BCUT2D eigenvalue weighted by Crippen LogP contribution is 2.18. The summed E-state index contributed by atoms with van der Waals surface area (Å²) in [6.07, 6.45) is 2.51. The van der Waals surface area contributed by atoms with Crippen molar-refractivity contribution >= 4 is 23.6 Å². The predicted molar refractivity (Wildman–Crippen MR) is 73.2 cm³/mol. The Kier molecular flexibility index (Phi) is 11.5. The molecule has 0 spiro atoms. The molecular weight excluding hydrogens is 238 g/mol. The van der Waals surface area contributed by atoms with Crippen LogP contribution in [0.3, 0.4) is 0 Å². The van der Waals surface area contributed by atoms with E-state index in [1.807, 2.05) is 11.8 Å². The first kappa shape index (κ1) is 18.6. The highest BCUT2D eigenvalue weighted by atomic mass is 32.2. The third-order valence-corrected chi connectivity index (χ3v) is 2.89. The van der Waals surface area contributed by atoms with Crippen molar-refractivity contribution < 1.29 is 14.3 Å². The van der Waals surface area contributed by atoms with Crippen LogP contribution in [0.5, 0.6) is 0 Å². The van der Waals surface area contributed by atoms with Gasteiger partial charge >= 0.3 is 5.97 Å². The molecule has 0 aromatic carbocycles. The number of carbonyl (C=O) groups is 2. The molecular formula is C12H25NO3S. The molecule has 1 amide bonds. The first-order valence-electron chi connectivity index (χ1n) is 5.74. The van der Waals surface area contributed by atoms with E-state index >= 15 is 0 Å². The van der Waals surface area contributed by atoms with Crippen molar-refractivity contribution in [1.82, 2.24) is 5.32 Å². The Morgan fingerprint density at radius 3 is 2.00 bits per heavy atom. The second kappa shape index (κ2) is 10.4. The molecule has 5 heteroatoms. The van der Waals surface area contributed by atoms with Gasteiger partial charge in [-0.3, -0.25) is 9.59 Å². The zero-order valence-corrected chi connectivity index (χ0v) is 12.6. The van der Waals surface area contributed by atoms with Gasteiger partial charge in [-0.2, -0.15) is 11.8 Å². The molecule has 0 atom stereocenters. The van der Waals surface area contributed by atoms with Gasteiger partial charge in [0.2, 0.25) is 5.91 Å². The van der Waals surface area contributed by atoms with E-state index in [0.29, 0.717) is 17.8 Å². The lowest BCUT2D eigenvalue weighted by Crippen LogP contribution is -2.29. The molecule has 0 heterocycles. The Hall–Kier alpha value is -0.710. The van der Waals surface area contributed by atoms with Gasteiger partial charge < -0.3 is 10.1 Å². The molecule has 0 saturated carbocycles. The van der Waals surface area contributed by atoms with E-state index in [2.05, 4.69) is 37.1 Å². The van der Waals surface area contributed by atoms with Crippen LogP contribution in [0.1, 0.15) is 41.0 Å². The van der Waals surface area contributed by atoms with E-state index in [9.17, 15) is 9.59 Å². The van der Waals surface area contributed by atoms with Crippen molar-refractivity contribution in [3.8, 4) is 0 Å². The van der Waals surface area contributed by atoms with Crippen LogP contribution in [-0.2, 0) is 14.3 Å². The van der Waals surface area contributed by atoms with Gasteiger partial charge in [-0.15, -0.1) is 0 Å². The number of amides is 1. The number of carbonyl (C=O) groups excluding carboxylic acids is 2.